The first-order valence-corrected chi connectivity index (χ1v) is 6.75. The van der Waals surface area contributed by atoms with Crippen molar-refractivity contribution < 1.29 is 18.3 Å². The van der Waals surface area contributed by atoms with Crippen molar-refractivity contribution in [3.63, 3.8) is 0 Å². The van der Waals surface area contributed by atoms with E-state index in [2.05, 4.69) is 0 Å². The lowest BCUT2D eigenvalue weighted by molar-refractivity contribution is -0.137. The highest BCUT2D eigenvalue weighted by Gasteiger charge is 2.24. The van der Waals surface area contributed by atoms with Gasteiger partial charge in [0, 0.05) is 5.02 Å². The molecule has 0 radical (unpaired) electrons. The van der Waals surface area contributed by atoms with E-state index in [1.165, 1.54) is 0 Å². The van der Waals surface area contributed by atoms with E-state index in [9.17, 15) is 13.2 Å². The summed E-state index contributed by atoms with van der Waals surface area (Å²) in [5.41, 5.74) is 0.676. The van der Waals surface area contributed by atoms with Gasteiger partial charge in [0.15, 0.2) is 0 Å². The molecule has 1 rings (SSSR count). The summed E-state index contributed by atoms with van der Waals surface area (Å²) in [5, 5.41) is 13.0. The fourth-order valence-corrected chi connectivity index (χ4v) is 2.31. The second-order valence-corrected chi connectivity index (χ2v) is 5.92. The molecule has 0 bridgehead atoms. The molecule has 7 heteroatoms. The van der Waals surface area contributed by atoms with E-state index in [4.69, 9.17) is 21.8 Å². The van der Waals surface area contributed by atoms with E-state index in [1.54, 1.807) is 24.3 Å². The lowest BCUT2D eigenvalue weighted by atomic mass is 10.1. The van der Waals surface area contributed by atoms with Crippen LogP contribution in [0.25, 0.3) is 0 Å². The van der Waals surface area contributed by atoms with E-state index in [-0.39, 0.29) is 6.42 Å². The van der Waals surface area contributed by atoms with Crippen LogP contribution >= 0.6 is 11.6 Å². The molecule has 1 aromatic rings. The zero-order chi connectivity index (χ0) is 13.1. The molecule has 0 saturated carbocycles. The van der Waals surface area contributed by atoms with Gasteiger partial charge >= 0.3 is 5.97 Å². The minimum absolute atomic E-state index is 0.0578. The first-order chi connectivity index (χ1) is 7.79. The van der Waals surface area contributed by atoms with Gasteiger partial charge in [0.25, 0.3) is 0 Å². The number of benzene rings is 1. The summed E-state index contributed by atoms with van der Waals surface area (Å²) in [6.07, 6.45) is -0.455. The molecule has 0 aromatic heterocycles. The van der Waals surface area contributed by atoms with Crippen LogP contribution in [0.3, 0.4) is 0 Å². The van der Waals surface area contributed by atoms with Crippen molar-refractivity contribution in [3.05, 3.63) is 34.9 Å². The minimum atomic E-state index is -3.88. The number of sulfonamides is 1. The molecule has 94 valence electrons. The van der Waals surface area contributed by atoms with Crippen molar-refractivity contribution >= 4 is 27.6 Å². The molecule has 17 heavy (non-hydrogen) atoms. The molecule has 1 atom stereocenters. The number of rotatable bonds is 5. The van der Waals surface area contributed by atoms with Gasteiger partial charge < -0.3 is 5.11 Å². The van der Waals surface area contributed by atoms with Crippen LogP contribution in [0.15, 0.2) is 24.3 Å². The second-order valence-electron chi connectivity index (χ2n) is 3.64. The average molecular weight is 278 g/mol. The van der Waals surface area contributed by atoms with Gasteiger partial charge in [-0.2, -0.15) is 0 Å². The molecule has 0 heterocycles. The minimum Gasteiger partial charge on any atom is -0.481 e. The maximum atomic E-state index is 11.2. The van der Waals surface area contributed by atoms with Crippen LogP contribution in [0, 0.1) is 0 Å². The zero-order valence-electron chi connectivity index (χ0n) is 8.84. The molecule has 0 aliphatic carbocycles. The second kappa shape index (κ2) is 5.48. The third-order valence-electron chi connectivity index (χ3n) is 2.24. The standard InChI is InChI=1S/C10H12ClNO4S/c11-8-3-1-7(2-4-8)5-9(6-10(13)14)17(12,15)16/h1-4,9H,5-6H2,(H,13,14)(H2,12,15,16). The first-order valence-electron chi connectivity index (χ1n) is 4.77. The summed E-state index contributed by atoms with van der Waals surface area (Å²) >= 11 is 5.69. The molecule has 0 aliphatic heterocycles. The Labute approximate surface area is 104 Å². The van der Waals surface area contributed by atoms with Gasteiger partial charge in [-0.1, -0.05) is 23.7 Å². The molecule has 0 amide bonds. The normalized spacial score (nSPS) is 13.3. The SMILES string of the molecule is NS(=O)(=O)C(CC(=O)O)Cc1ccc(Cl)cc1. The quantitative estimate of drug-likeness (QED) is 0.839. The van der Waals surface area contributed by atoms with E-state index in [0.717, 1.165) is 0 Å². The van der Waals surface area contributed by atoms with E-state index in [1.807, 2.05) is 0 Å². The maximum absolute atomic E-state index is 11.2. The maximum Gasteiger partial charge on any atom is 0.304 e. The molecule has 0 aliphatic rings. The third kappa shape index (κ3) is 4.72. The number of carboxylic acids is 1. The lowest BCUT2D eigenvalue weighted by Crippen LogP contribution is -2.32. The summed E-state index contributed by atoms with van der Waals surface area (Å²) in [6.45, 7) is 0. The van der Waals surface area contributed by atoms with E-state index >= 15 is 0 Å². The van der Waals surface area contributed by atoms with Gasteiger partial charge in [-0.3, -0.25) is 4.79 Å². The van der Waals surface area contributed by atoms with Crippen LogP contribution in [0.4, 0.5) is 0 Å². The highest BCUT2D eigenvalue weighted by atomic mass is 35.5. The molecule has 1 unspecified atom stereocenters. The fraction of sp³-hybridized carbons (Fsp3) is 0.300. The summed E-state index contributed by atoms with van der Waals surface area (Å²) in [6, 6.07) is 6.50. The van der Waals surface area contributed by atoms with Gasteiger partial charge in [-0.25, -0.2) is 13.6 Å². The molecular formula is C10H12ClNO4S. The van der Waals surface area contributed by atoms with Gasteiger partial charge in [-0.15, -0.1) is 0 Å². The monoisotopic (exact) mass is 277 g/mol. The van der Waals surface area contributed by atoms with E-state index < -0.39 is 27.7 Å². The smallest absolute Gasteiger partial charge is 0.304 e. The van der Waals surface area contributed by atoms with Crippen LogP contribution in [0.5, 0.6) is 0 Å². The third-order valence-corrected chi connectivity index (χ3v) is 3.76. The van der Waals surface area contributed by atoms with Crippen molar-refractivity contribution in [2.75, 3.05) is 0 Å². The Morgan fingerprint density at radius 3 is 2.29 bits per heavy atom. The van der Waals surface area contributed by atoms with Crippen molar-refractivity contribution in [1.29, 1.82) is 0 Å². The highest BCUT2D eigenvalue weighted by molar-refractivity contribution is 7.89. The summed E-state index contributed by atoms with van der Waals surface area (Å²) in [5.74, 6) is -1.20. The summed E-state index contributed by atoms with van der Waals surface area (Å²) < 4.78 is 22.5. The Hall–Kier alpha value is -1.11. The van der Waals surface area contributed by atoms with Gasteiger partial charge in [-0.05, 0) is 24.1 Å². The molecule has 0 fully saturated rings. The van der Waals surface area contributed by atoms with Crippen molar-refractivity contribution in [2.45, 2.75) is 18.1 Å². The van der Waals surface area contributed by atoms with Crippen LogP contribution in [0.1, 0.15) is 12.0 Å². The van der Waals surface area contributed by atoms with Crippen LogP contribution in [-0.2, 0) is 21.2 Å². The molecule has 5 nitrogen and oxygen atoms in total. The van der Waals surface area contributed by atoms with Crippen LogP contribution in [0.2, 0.25) is 5.02 Å². The van der Waals surface area contributed by atoms with Crippen LogP contribution < -0.4 is 5.14 Å². The highest BCUT2D eigenvalue weighted by Crippen LogP contribution is 2.15. The molecule has 3 N–H and O–H groups in total. The fourth-order valence-electron chi connectivity index (χ4n) is 1.38. The van der Waals surface area contributed by atoms with Crippen molar-refractivity contribution in [2.24, 2.45) is 5.14 Å². The number of carboxylic acid groups (broad SMARTS) is 1. The number of hydrogen-bond acceptors (Lipinski definition) is 3. The number of nitrogens with two attached hydrogens (primary N) is 1. The zero-order valence-corrected chi connectivity index (χ0v) is 10.4. The molecule has 0 saturated heterocycles. The first kappa shape index (κ1) is 14.0. The predicted octanol–water partition coefficient (Wildman–Crippen LogP) is 1.01. The van der Waals surface area contributed by atoms with Crippen LogP contribution in [-0.4, -0.2) is 24.7 Å². The molecule has 0 spiro atoms. The topological polar surface area (TPSA) is 97.5 Å². The Morgan fingerprint density at radius 1 is 1.35 bits per heavy atom. The average Bonchev–Trinajstić information content (AvgIpc) is 2.18. The Kier molecular flexibility index (Phi) is 4.50. The van der Waals surface area contributed by atoms with Crippen molar-refractivity contribution in [3.8, 4) is 0 Å². The number of primary sulfonamides is 1. The van der Waals surface area contributed by atoms with Gasteiger partial charge in [0.2, 0.25) is 10.0 Å². The Balaban J connectivity index is 2.87. The number of hydrogen-bond donors (Lipinski definition) is 2. The van der Waals surface area contributed by atoms with Gasteiger partial charge in [0.05, 0.1) is 11.7 Å². The largest absolute Gasteiger partial charge is 0.481 e. The predicted molar refractivity (Wildman–Crippen MR) is 64.3 cm³/mol. The van der Waals surface area contributed by atoms with Crippen molar-refractivity contribution in [1.82, 2.24) is 0 Å². The Morgan fingerprint density at radius 2 is 1.88 bits per heavy atom. The van der Waals surface area contributed by atoms with Gasteiger partial charge in [0.1, 0.15) is 0 Å². The Bertz CT molecular complexity index is 498. The molecular weight excluding hydrogens is 266 g/mol. The number of carbonyl (C=O) groups is 1. The lowest BCUT2D eigenvalue weighted by Gasteiger charge is -2.12. The summed E-state index contributed by atoms with van der Waals surface area (Å²) in [4.78, 5) is 10.6. The number of aliphatic carboxylic acids is 1. The molecule has 1 aromatic carbocycles. The number of halogens is 1. The van der Waals surface area contributed by atoms with E-state index in [0.29, 0.717) is 10.6 Å². The summed E-state index contributed by atoms with van der Waals surface area (Å²) in [7, 11) is -3.88.